The van der Waals surface area contributed by atoms with Gasteiger partial charge < -0.3 is 19.7 Å². The highest BCUT2D eigenvalue weighted by atomic mass is 32.2. The quantitative estimate of drug-likeness (QED) is 0.175. The van der Waals surface area contributed by atoms with Crippen LogP contribution < -0.4 is 19.5 Å². The molecule has 1 atom stereocenters. The molecule has 1 aliphatic rings. The van der Waals surface area contributed by atoms with Gasteiger partial charge in [0.15, 0.2) is 0 Å². The Morgan fingerprint density at radius 1 is 0.809 bits per heavy atom. The maximum Gasteiger partial charge on any atom is 0.243 e. The fourth-order valence-corrected chi connectivity index (χ4v) is 6.65. The second-order valence-corrected chi connectivity index (χ2v) is 13.4. The summed E-state index contributed by atoms with van der Waals surface area (Å²) in [6, 6.07) is 30.4. The molecule has 0 spiro atoms. The Bertz CT molecular complexity index is 1740. The van der Waals surface area contributed by atoms with Gasteiger partial charge in [-0.25, -0.2) is 13.1 Å². The van der Waals surface area contributed by atoms with E-state index >= 15 is 0 Å². The summed E-state index contributed by atoms with van der Waals surface area (Å²) in [4.78, 5) is 30.0. The predicted molar refractivity (Wildman–Crippen MR) is 180 cm³/mol. The van der Waals surface area contributed by atoms with Crippen LogP contribution in [0.1, 0.15) is 41.5 Å². The number of carbonyl (C=O) groups is 2. The largest absolute Gasteiger partial charge is 0.497 e. The summed E-state index contributed by atoms with van der Waals surface area (Å²) in [5, 5.41) is 3.05. The predicted octanol–water partition coefficient (Wildman–Crippen LogP) is 5.03. The Morgan fingerprint density at radius 2 is 1.47 bits per heavy atom. The number of ether oxygens (including phenoxy) is 2. The van der Waals surface area contributed by atoms with E-state index in [1.807, 2.05) is 78.9 Å². The molecule has 47 heavy (non-hydrogen) atoms. The molecule has 0 radical (unpaired) electrons. The third kappa shape index (κ3) is 9.43. The Morgan fingerprint density at radius 3 is 2.13 bits per heavy atom. The average molecular weight is 656 g/mol. The normalized spacial score (nSPS) is 13.4. The Labute approximate surface area is 277 Å². The van der Waals surface area contributed by atoms with Crippen LogP contribution in [0.3, 0.4) is 0 Å². The molecule has 2 amide bonds. The van der Waals surface area contributed by atoms with Crippen LogP contribution in [0.25, 0.3) is 0 Å². The molecule has 0 heterocycles. The number of sulfonamides is 1. The first-order valence-electron chi connectivity index (χ1n) is 15.7. The molecule has 1 saturated carbocycles. The van der Waals surface area contributed by atoms with E-state index in [0.717, 1.165) is 35.1 Å². The van der Waals surface area contributed by atoms with E-state index in [1.165, 1.54) is 0 Å². The van der Waals surface area contributed by atoms with Crippen molar-refractivity contribution in [3.05, 3.63) is 125 Å². The molecule has 2 N–H and O–H groups in total. The van der Waals surface area contributed by atoms with Crippen LogP contribution in [0.4, 0.5) is 0 Å². The van der Waals surface area contributed by atoms with Gasteiger partial charge in [-0.15, -0.1) is 0 Å². The Kier molecular flexibility index (Phi) is 11.3. The van der Waals surface area contributed by atoms with Crippen molar-refractivity contribution >= 4 is 21.8 Å². The molecule has 10 heteroatoms. The average Bonchev–Trinajstić information content (AvgIpc) is 3.92. The molecule has 9 nitrogen and oxygen atoms in total. The van der Waals surface area contributed by atoms with Gasteiger partial charge in [0.2, 0.25) is 21.8 Å². The van der Waals surface area contributed by atoms with Crippen molar-refractivity contribution in [3.63, 3.8) is 0 Å². The van der Waals surface area contributed by atoms with Crippen molar-refractivity contribution in [3.8, 4) is 11.5 Å². The third-order valence-electron chi connectivity index (χ3n) is 8.19. The first kappa shape index (κ1) is 33.7. The van der Waals surface area contributed by atoms with Crippen molar-refractivity contribution in [2.24, 2.45) is 0 Å². The van der Waals surface area contributed by atoms with Crippen LogP contribution in [0, 0.1) is 0 Å². The standard InChI is InChI=1S/C37H41N3O6S/c1-45-32-19-12-29(13-20-32)26-40(36(41)23-16-27-14-21-33(22-15-27)47(43,44)39-31-17-18-31)34(24-28-8-4-3-5-9-28)37(42)38-25-30-10-6-7-11-35(30)46-2/h3-15,19-22,31,34,39H,16-18,23-26H2,1-2H3,(H,38,42)/t34-/m1/s1. The van der Waals surface area contributed by atoms with E-state index in [2.05, 4.69) is 10.0 Å². The number of aryl methyl sites for hydroxylation is 1. The van der Waals surface area contributed by atoms with Gasteiger partial charge in [-0.2, -0.15) is 0 Å². The summed E-state index contributed by atoms with van der Waals surface area (Å²) >= 11 is 0. The lowest BCUT2D eigenvalue weighted by molar-refractivity contribution is -0.141. The monoisotopic (exact) mass is 655 g/mol. The van der Waals surface area contributed by atoms with Crippen molar-refractivity contribution in [1.82, 2.24) is 14.9 Å². The summed E-state index contributed by atoms with van der Waals surface area (Å²) in [5.74, 6) is 0.890. The lowest BCUT2D eigenvalue weighted by Crippen LogP contribution is -2.50. The van der Waals surface area contributed by atoms with Crippen molar-refractivity contribution < 1.29 is 27.5 Å². The van der Waals surface area contributed by atoms with Gasteiger partial charge in [0.05, 0.1) is 19.1 Å². The summed E-state index contributed by atoms with van der Waals surface area (Å²) < 4.78 is 38.7. The number of methoxy groups -OCH3 is 2. The number of hydrogen-bond acceptors (Lipinski definition) is 6. The SMILES string of the molecule is COc1ccc(CN(C(=O)CCc2ccc(S(=O)(=O)NC3CC3)cc2)[C@H](Cc2ccccc2)C(=O)NCc2ccccc2OC)cc1. The number of para-hydroxylation sites is 1. The number of nitrogens with one attached hydrogen (secondary N) is 2. The third-order valence-corrected chi connectivity index (χ3v) is 9.73. The molecule has 4 aromatic carbocycles. The molecule has 0 unspecified atom stereocenters. The maximum atomic E-state index is 14.1. The lowest BCUT2D eigenvalue weighted by Gasteiger charge is -2.32. The number of benzene rings is 4. The topological polar surface area (TPSA) is 114 Å². The molecule has 0 aromatic heterocycles. The van der Waals surface area contributed by atoms with Crippen molar-refractivity contribution in [2.75, 3.05) is 14.2 Å². The maximum absolute atomic E-state index is 14.1. The number of carbonyl (C=O) groups excluding carboxylic acids is 2. The molecule has 5 rings (SSSR count). The summed E-state index contributed by atoms with van der Waals surface area (Å²) in [7, 11) is -0.381. The van der Waals surface area contributed by atoms with E-state index in [-0.39, 0.29) is 42.3 Å². The molecule has 0 bridgehead atoms. The molecular formula is C37H41N3O6S. The molecular weight excluding hydrogens is 614 g/mol. The summed E-state index contributed by atoms with van der Waals surface area (Å²) in [6.45, 7) is 0.454. The van der Waals surface area contributed by atoms with E-state index in [1.54, 1.807) is 43.4 Å². The van der Waals surface area contributed by atoms with Gasteiger partial charge in [0.25, 0.3) is 0 Å². The minimum Gasteiger partial charge on any atom is -0.497 e. The van der Waals surface area contributed by atoms with Gasteiger partial charge in [0, 0.05) is 37.5 Å². The first-order chi connectivity index (χ1) is 22.8. The highest BCUT2D eigenvalue weighted by molar-refractivity contribution is 7.89. The van der Waals surface area contributed by atoms with Crippen LogP contribution in [0.5, 0.6) is 11.5 Å². The van der Waals surface area contributed by atoms with Crippen LogP contribution in [0.2, 0.25) is 0 Å². The zero-order chi connectivity index (χ0) is 33.2. The van der Waals surface area contributed by atoms with Crippen LogP contribution >= 0.6 is 0 Å². The Balaban J connectivity index is 1.38. The first-order valence-corrected chi connectivity index (χ1v) is 17.2. The zero-order valence-corrected chi connectivity index (χ0v) is 27.5. The smallest absolute Gasteiger partial charge is 0.243 e. The van der Waals surface area contributed by atoms with Gasteiger partial charge >= 0.3 is 0 Å². The number of rotatable bonds is 16. The fourth-order valence-electron chi connectivity index (χ4n) is 5.35. The highest BCUT2D eigenvalue weighted by Gasteiger charge is 2.31. The number of amides is 2. The van der Waals surface area contributed by atoms with Crippen molar-refractivity contribution in [2.45, 2.75) is 62.2 Å². The lowest BCUT2D eigenvalue weighted by atomic mass is 10.0. The molecule has 0 aliphatic heterocycles. The number of hydrogen-bond donors (Lipinski definition) is 2. The number of nitrogens with zero attached hydrogens (tertiary/aromatic N) is 1. The van der Waals surface area contributed by atoms with E-state index in [0.29, 0.717) is 24.3 Å². The van der Waals surface area contributed by atoms with Gasteiger partial charge in [-0.1, -0.05) is 72.8 Å². The highest BCUT2D eigenvalue weighted by Crippen LogP contribution is 2.23. The zero-order valence-electron chi connectivity index (χ0n) is 26.7. The second kappa shape index (κ2) is 15.8. The van der Waals surface area contributed by atoms with Crippen LogP contribution in [0.15, 0.2) is 108 Å². The summed E-state index contributed by atoms with van der Waals surface area (Å²) in [6.07, 6.45) is 2.55. The van der Waals surface area contributed by atoms with Gasteiger partial charge in [-0.3, -0.25) is 9.59 Å². The Hall–Kier alpha value is -4.67. The minimum absolute atomic E-state index is 0.0183. The summed E-state index contributed by atoms with van der Waals surface area (Å²) in [5.41, 5.74) is 3.43. The molecule has 1 fully saturated rings. The molecule has 246 valence electrons. The molecule has 1 aliphatic carbocycles. The fraction of sp³-hybridized carbons (Fsp3) is 0.297. The van der Waals surface area contributed by atoms with Crippen LogP contribution in [-0.2, 0) is 45.5 Å². The molecule has 4 aromatic rings. The van der Waals surface area contributed by atoms with E-state index < -0.39 is 16.1 Å². The minimum atomic E-state index is -3.57. The van der Waals surface area contributed by atoms with Gasteiger partial charge in [-0.05, 0) is 66.3 Å². The second-order valence-electron chi connectivity index (χ2n) is 11.6. The van der Waals surface area contributed by atoms with Crippen LogP contribution in [-0.4, -0.2) is 51.4 Å². The molecule has 0 saturated heterocycles. The van der Waals surface area contributed by atoms with E-state index in [4.69, 9.17) is 9.47 Å². The van der Waals surface area contributed by atoms with E-state index in [9.17, 15) is 18.0 Å². The van der Waals surface area contributed by atoms with Gasteiger partial charge in [0.1, 0.15) is 17.5 Å². The van der Waals surface area contributed by atoms with Crippen molar-refractivity contribution in [1.29, 1.82) is 0 Å².